The van der Waals surface area contributed by atoms with E-state index in [9.17, 15) is 22.4 Å². The number of anilines is 1. The Morgan fingerprint density at radius 1 is 1.11 bits per heavy atom. The summed E-state index contributed by atoms with van der Waals surface area (Å²) in [5.41, 5.74) is 1.41. The quantitative estimate of drug-likeness (QED) is 0.308. The first kappa shape index (κ1) is 26.1. The van der Waals surface area contributed by atoms with Crippen molar-refractivity contribution in [3.8, 4) is 10.7 Å². The molecule has 0 unspecified atom stereocenters. The van der Waals surface area contributed by atoms with Gasteiger partial charge in [-0.15, -0.1) is 10.2 Å². The number of piperidine rings is 1. The predicted molar refractivity (Wildman–Crippen MR) is 139 cm³/mol. The first-order valence-electron chi connectivity index (χ1n) is 12.2. The van der Waals surface area contributed by atoms with E-state index in [0.29, 0.717) is 26.6 Å². The number of alkyl halides is 3. The van der Waals surface area contributed by atoms with Crippen molar-refractivity contribution in [2.45, 2.75) is 38.1 Å². The van der Waals surface area contributed by atoms with E-state index >= 15 is 0 Å². The Balaban J connectivity index is 1.42. The summed E-state index contributed by atoms with van der Waals surface area (Å²) in [5.74, 6) is -1.26. The minimum absolute atomic E-state index is 0.0345. The molecule has 0 radical (unpaired) electrons. The number of halogens is 4. The second-order valence-electron chi connectivity index (χ2n) is 9.35. The first-order chi connectivity index (χ1) is 18.2. The SMILES string of the molecule is CN1CCC(Nc2cccc3c2cc(-c2nnc(CNC(=O)c4ccccc4F)s2)n3CC(F)(F)F)CC1. The number of amides is 1. The minimum atomic E-state index is -4.45. The van der Waals surface area contributed by atoms with Crippen LogP contribution in [0.4, 0.5) is 23.2 Å². The predicted octanol–water partition coefficient (Wildman–Crippen LogP) is 5.30. The Morgan fingerprint density at radius 2 is 1.87 bits per heavy atom. The number of fused-ring (bicyclic) bond motifs is 1. The van der Waals surface area contributed by atoms with E-state index in [0.717, 1.165) is 43.0 Å². The third kappa shape index (κ3) is 5.81. The summed E-state index contributed by atoms with van der Waals surface area (Å²) >= 11 is 1.08. The van der Waals surface area contributed by atoms with Gasteiger partial charge in [0.1, 0.15) is 17.4 Å². The fourth-order valence-electron chi connectivity index (χ4n) is 4.64. The van der Waals surface area contributed by atoms with E-state index in [-0.39, 0.29) is 18.2 Å². The third-order valence-electron chi connectivity index (χ3n) is 6.57. The van der Waals surface area contributed by atoms with Crippen LogP contribution in [0.3, 0.4) is 0 Å². The lowest BCUT2D eigenvalue weighted by Gasteiger charge is -2.30. The lowest BCUT2D eigenvalue weighted by molar-refractivity contribution is -0.139. The molecule has 7 nitrogen and oxygen atoms in total. The van der Waals surface area contributed by atoms with Gasteiger partial charge in [0.2, 0.25) is 0 Å². The highest BCUT2D eigenvalue weighted by Gasteiger charge is 2.31. The third-order valence-corrected chi connectivity index (χ3v) is 7.51. The molecule has 0 atom stereocenters. The highest BCUT2D eigenvalue weighted by molar-refractivity contribution is 7.14. The molecule has 2 aromatic heterocycles. The van der Waals surface area contributed by atoms with Gasteiger partial charge in [0, 0.05) is 17.1 Å². The van der Waals surface area contributed by atoms with Crippen LogP contribution in [0.5, 0.6) is 0 Å². The fourth-order valence-corrected chi connectivity index (χ4v) is 5.44. The molecule has 1 amide bonds. The van der Waals surface area contributed by atoms with Gasteiger partial charge in [0.15, 0.2) is 5.01 Å². The molecule has 0 aliphatic carbocycles. The van der Waals surface area contributed by atoms with Gasteiger partial charge in [-0.3, -0.25) is 4.79 Å². The molecule has 3 heterocycles. The summed E-state index contributed by atoms with van der Waals surface area (Å²) in [7, 11) is 2.07. The van der Waals surface area contributed by atoms with Crippen LogP contribution in [-0.4, -0.2) is 57.9 Å². The van der Waals surface area contributed by atoms with Crippen LogP contribution in [-0.2, 0) is 13.1 Å². The Kier molecular flexibility index (Phi) is 7.35. The van der Waals surface area contributed by atoms with E-state index in [1.54, 1.807) is 24.3 Å². The summed E-state index contributed by atoms with van der Waals surface area (Å²) in [6.45, 7) is 0.694. The van der Waals surface area contributed by atoms with Gasteiger partial charge in [0.25, 0.3) is 5.91 Å². The van der Waals surface area contributed by atoms with Crippen LogP contribution in [0.2, 0.25) is 0 Å². The molecule has 1 fully saturated rings. The van der Waals surface area contributed by atoms with Gasteiger partial charge >= 0.3 is 6.18 Å². The number of nitrogens with one attached hydrogen (secondary N) is 2. The normalized spacial score (nSPS) is 15.2. The van der Waals surface area contributed by atoms with Gasteiger partial charge in [-0.1, -0.05) is 29.5 Å². The highest BCUT2D eigenvalue weighted by Crippen LogP contribution is 2.36. The summed E-state index contributed by atoms with van der Waals surface area (Å²) in [4.78, 5) is 14.6. The molecule has 1 saturated heterocycles. The van der Waals surface area contributed by atoms with Crippen molar-refractivity contribution in [3.63, 3.8) is 0 Å². The van der Waals surface area contributed by atoms with E-state index in [2.05, 4.69) is 32.8 Å². The molecule has 2 N–H and O–H groups in total. The lowest BCUT2D eigenvalue weighted by Crippen LogP contribution is -2.36. The molecule has 1 aliphatic heterocycles. The van der Waals surface area contributed by atoms with Gasteiger partial charge in [0.05, 0.1) is 23.3 Å². The van der Waals surface area contributed by atoms with Gasteiger partial charge in [-0.05, 0) is 63.3 Å². The zero-order chi connectivity index (χ0) is 26.9. The van der Waals surface area contributed by atoms with E-state index in [1.807, 2.05) is 6.07 Å². The highest BCUT2D eigenvalue weighted by atomic mass is 32.1. The van der Waals surface area contributed by atoms with Crippen molar-refractivity contribution in [2.24, 2.45) is 0 Å². The number of nitrogens with zero attached hydrogens (tertiary/aromatic N) is 4. The minimum Gasteiger partial charge on any atom is -0.382 e. The smallest absolute Gasteiger partial charge is 0.382 e. The number of benzene rings is 2. The van der Waals surface area contributed by atoms with Gasteiger partial charge < -0.3 is 20.1 Å². The first-order valence-corrected chi connectivity index (χ1v) is 13.0. The van der Waals surface area contributed by atoms with Crippen molar-refractivity contribution < 1.29 is 22.4 Å². The molecule has 38 heavy (non-hydrogen) atoms. The largest absolute Gasteiger partial charge is 0.406 e. The van der Waals surface area contributed by atoms with E-state index in [1.165, 1.54) is 22.8 Å². The number of carbonyl (C=O) groups is 1. The molecule has 4 aromatic rings. The maximum atomic E-state index is 13.9. The number of aromatic nitrogens is 3. The summed E-state index contributed by atoms with van der Waals surface area (Å²) < 4.78 is 55.9. The number of likely N-dealkylation sites (tertiary alicyclic amines) is 1. The van der Waals surface area contributed by atoms with Gasteiger partial charge in [-0.2, -0.15) is 13.2 Å². The van der Waals surface area contributed by atoms with Crippen molar-refractivity contribution in [3.05, 3.63) is 64.9 Å². The number of hydrogen-bond acceptors (Lipinski definition) is 6. The monoisotopic (exact) mass is 546 g/mol. The molecule has 12 heteroatoms. The van der Waals surface area contributed by atoms with Crippen LogP contribution in [0.25, 0.3) is 21.6 Å². The summed E-state index contributed by atoms with van der Waals surface area (Å²) in [5, 5.41) is 15.7. The molecule has 2 aromatic carbocycles. The van der Waals surface area contributed by atoms with Crippen LogP contribution >= 0.6 is 11.3 Å². The van der Waals surface area contributed by atoms with Crippen molar-refractivity contribution >= 4 is 33.8 Å². The molecular weight excluding hydrogens is 520 g/mol. The average Bonchev–Trinajstić information content (AvgIpc) is 3.49. The molecular formula is C26H26F4N6OS. The number of hydrogen-bond donors (Lipinski definition) is 2. The topological polar surface area (TPSA) is 75.1 Å². The van der Waals surface area contributed by atoms with Crippen LogP contribution < -0.4 is 10.6 Å². The Bertz CT molecular complexity index is 1440. The maximum Gasteiger partial charge on any atom is 0.406 e. The second-order valence-corrected chi connectivity index (χ2v) is 10.4. The van der Waals surface area contributed by atoms with Gasteiger partial charge in [-0.25, -0.2) is 4.39 Å². The maximum absolute atomic E-state index is 13.9. The van der Waals surface area contributed by atoms with Crippen LogP contribution in [0.15, 0.2) is 48.5 Å². The molecule has 0 saturated carbocycles. The standard InChI is InChI=1S/C26H26F4N6OS/c1-35-11-9-16(10-12-35)32-20-7-4-8-21-18(20)13-22(36(21)15-26(28,29)30)25-34-33-23(38-25)14-31-24(37)17-5-2-3-6-19(17)27/h2-8,13,16,32H,9-12,14-15H2,1H3,(H,31,37). The fraction of sp³-hybridized carbons (Fsp3) is 0.346. The Morgan fingerprint density at radius 3 is 2.61 bits per heavy atom. The summed E-state index contributed by atoms with van der Waals surface area (Å²) in [6, 6.07) is 12.8. The zero-order valence-electron chi connectivity index (χ0n) is 20.6. The number of carbonyl (C=O) groups excluding carboxylic acids is 1. The Hall–Kier alpha value is -3.51. The van der Waals surface area contributed by atoms with Crippen molar-refractivity contribution in [1.29, 1.82) is 0 Å². The summed E-state index contributed by atoms with van der Waals surface area (Å²) in [6.07, 6.45) is -2.55. The van der Waals surface area contributed by atoms with Crippen LogP contribution in [0.1, 0.15) is 28.2 Å². The molecule has 200 valence electrons. The average molecular weight is 547 g/mol. The Labute approximate surface area is 220 Å². The van der Waals surface area contributed by atoms with Crippen molar-refractivity contribution in [2.75, 3.05) is 25.5 Å². The molecule has 0 bridgehead atoms. The molecule has 0 spiro atoms. The van der Waals surface area contributed by atoms with E-state index in [4.69, 9.17) is 0 Å². The van der Waals surface area contributed by atoms with Crippen LogP contribution in [0, 0.1) is 5.82 Å². The molecule has 5 rings (SSSR count). The number of rotatable bonds is 7. The molecule has 1 aliphatic rings. The van der Waals surface area contributed by atoms with E-state index < -0.39 is 24.4 Å². The lowest BCUT2D eigenvalue weighted by atomic mass is 10.0. The zero-order valence-corrected chi connectivity index (χ0v) is 21.4. The van der Waals surface area contributed by atoms with Crippen molar-refractivity contribution in [1.82, 2.24) is 25.0 Å². The second kappa shape index (κ2) is 10.7.